The van der Waals surface area contributed by atoms with Crippen LogP contribution in [0.4, 0.5) is 23.8 Å². The molecule has 2 saturated heterocycles. The first-order chi connectivity index (χ1) is 17.6. The molecule has 1 aromatic rings. The number of aromatic nitrogens is 1. The fraction of sp³-hybridized carbons (Fsp3) is 0.731. The topological polar surface area (TPSA) is 80.2 Å². The van der Waals surface area contributed by atoms with Gasteiger partial charge in [-0.3, -0.25) is 4.79 Å². The fourth-order valence-electron chi connectivity index (χ4n) is 5.35. The predicted octanol–water partition coefficient (Wildman–Crippen LogP) is 3.84. The number of hydrogen-bond acceptors (Lipinski definition) is 5. The van der Waals surface area contributed by atoms with Crippen LogP contribution in [0.15, 0.2) is 18.3 Å². The summed E-state index contributed by atoms with van der Waals surface area (Å²) < 4.78 is 39.4. The summed E-state index contributed by atoms with van der Waals surface area (Å²) in [5.74, 6) is 0.454. The lowest BCUT2D eigenvalue weighted by atomic mass is 9.92. The van der Waals surface area contributed by atoms with E-state index in [1.54, 1.807) is 9.80 Å². The smallest absolute Gasteiger partial charge is 0.393 e. The Hall–Kier alpha value is -2.56. The molecule has 2 aliphatic heterocycles. The zero-order chi connectivity index (χ0) is 27.0. The summed E-state index contributed by atoms with van der Waals surface area (Å²) in [4.78, 5) is 34.2. The molecule has 0 radical (unpaired) electrons. The highest BCUT2D eigenvalue weighted by Gasteiger charge is 2.37. The third-order valence-corrected chi connectivity index (χ3v) is 7.51. The van der Waals surface area contributed by atoms with Gasteiger partial charge in [-0.25, -0.2) is 9.78 Å². The molecule has 0 bridgehead atoms. The van der Waals surface area contributed by atoms with Crippen molar-refractivity contribution < 1.29 is 27.9 Å². The zero-order valence-corrected chi connectivity index (χ0v) is 21.9. The molecule has 1 aliphatic carbocycles. The van der Waals surface area contributed by atoms with Gasteiger partial charge in [0.05, 0.1) is 11.7 Å². The van der Waals surface area contributed by atoms with Crippen molar-refractivity contribution in [3.63, 3.8) is 0 Å². The van der Waals surface area contributed by atoms with Crippen LogP contribution < -0.4 is 4.90 Å². The molecule has 1 atom stereocenters. The average molecular weight is 528 g/mol. The second-order valence-corrected chi connectivity index (χ2v) is 10.2. The van der Waals surface area contributed by atoms with E-state index < -0.39 is 11.7 Å². The Balaban J connectivity index is 0.000000266. The number of halogens is 3. The quantitative estimate of drug-likeness (QED) is 0.602. The van der Waals surface area contributed by atoms with Crippen LogP contribution >= 0.6 is 0 Å². The Morgan fingerprint density at radius 1 is 1.11 bits per heavy atom. The van der Waals surface area contributed by atoms with Crippen LogP contribution in [0.2, 0.25) is 0 Å². The first-order valence-corrected chi connectivity index (χ1v) is 13.3. The molecule has 11 heteroatoms. The van der Waals surface area contributed by atoms with Crippen LogP contribution in [0.5, 0.6) is 0 Å². The fourth-order valence-corrected chi connectivity index (χ4v) is 5.35. The summed E-state index contributed by atoms with van der Waals surface area (Å²) in [6, 6.07) is 2.72. The number of hydrogen-bond donors (Lipinski definition) is 1. The highest BCUT2D eigenvalue weighted by Crippen LogP contribution is 2.35. The van der Waals surface area contributed by atoms with Gasteiger partial charge in [-0.05, 0) is 63.5 Å². The lowest BCUT2D eigenvalue weighted by molar-refractivity contribution is -0.137. The number of piperazine rings is 1. The van der Waals surface area contributed by atoms with E-state index in [-0.39, 0.29) is 18.0 Å². The maximum atomic E-state index is 13.1. The van der Waals surface area contributed by atoms with E-state index in [1.807, 2.05) is 16.7 Å². The largest absolute Gasteiger partial charge is 0.419 e. The van der Waals surface area contributed by atoms with Gasteiger partial charge in [-0.1, -0.05) is 6.92 Å². The van der Waals surface area contributed by atoms with Crippen molar-refractivity contribution in [2.24, 2.45) is 5.92 Å². The minimum atomic E-state index is -4.43. The summed E-state index contributed by atoms with van der Waals surface area (Å²) in [5, 5.41) is 9.25. The number of amides is 3. The van der Waals surface area contributed by atoms with E-state index in [0.29, 0.717) is 38.1 Å². The summed E-state index contributed by atoms with van der Waals surface area (Å²) in [6.45, 7) is 7.97. The summed E-state index contributed by atoms with van der Waals surface area (Å²) in [5.41, 5.74) is -0.723. The van der Waals surface area contributed by atoms with E-state index in [1.165, 1.54) is 12.3 Å². The van der Waals surface area contributed by atoms with Gasteiger partial charge in [0.25, 0.3) is 0 Å². The van der Waals surface area contributed by atoms with Gasteiger partial charge in [0.1, 0.15) is 5.82 Å². The summed E-state index contributed by atoms with van der Waals surface area (Å²) >= 11 is 0. The summed E-state index contributed by atoms with van der Waals surface area (Å²) in [6.07, 6.45) is 3.46. The molecule has 208 valence electrons. The van der Waals surface area contributed by atoms with Crippen molar-refractivity contribution in [3.05, 3.63) is 23.9 Å². The maximum absolute atomic E-state index is 13.1. The molecule has 1 unspecified atom stereocenters. The van der Waals surface area contributed by atoms with Crippen LogP contribution in [-0.4, -0.2) is 95.2 Å². The van der Waals surface area contributed by atoms with Gasteiger partial charge >= 0.3 is 12.2 Å². The number of urea groups is 1. The van der Waals surface area contributed by atoms with E-state index in [0.717, 1.165) is 70.6 Å². The number of likely N-dealkylation sites (tertiary alicyclic amines) is 1. The average Bonchev–Trinajstić information content (AvgIpc) is 2.90. The third-order valence-electron chi connectivity index (χ3n) is 7.51. The van der Waals surface area contributed by atoms with Crippen molar-refractivity contribution in [3.8, 4) is 0 Å². The number of alkyl halides is 3. The molecule has 3 amide bonds. The van der Waals surface area contributed by atoms with Crippen LogP contribution in [0.1, 0.15) is 57.9 Å². The van der Waals surface area contributed by atoms with E-state index in [4.69, 9.17) is 0 Å². The second-order valence-electron chi connectivity index (χ2n) is 10.2. The first kappa shape index (κ1) is 29.0. The van der Waals surface area contributed by atoms with Gasteiger partial charge in [-0.15, -0.1) is 0 Å². The van der Waals surface area contributed by atoms with Gasteiger partial charge < -0.3 is 24.7 Å². The molecule has 0 spiro atoms. The minimum absolute atomic E-state index is 0.00302. The van der Waals surface area contributed by atoms with Gasteiger partial charge in [-0.2, -0.15) is 13.2 Å². The lowest BCUT2D eigenvalue weighted by Gasteiger charge is -2.40. The molecule has 1 N–H and O–H groups in total. The van der Waals surface area contributed by atoms with Crippen LogP contribution in [0.25, 0.3) is 0 Å². The van der Waals surface area contributed by atoms with Gasteiger partial charge in [0.15, 0.2) is 0 Å². The van der Waals surface area contributed by atoms with Crippen LogP contribution in [0.3, 0.4) is 0 Å². The standard InChI is InChI=1S/C17H23F3N4O.C9H17NO2/c1-13-4-3-7-24(12-13)16(25)23-10-8-22(9-11-23)15-14(17(18,19)20)5-2-6-21-15;1-2-10(7-11)8-3-5-9(12)6-4-8/h2,5-6,13H,3-4,7-12H2,1H3;7-9,12H,2-6H2,1H3. The van der Waals surface area contributed by atoms with Crippen molar-refractivity contribution >= 4 is 18.3 Å². The highest BCUT2D eigenvalue weighted by molar-refractivity contribution is 5.75. The monoisotopic (exact) mass is 527 g/mol. The third kappa shape index (κ3) is 7.96. The van der Waals surface area contributed by atoms with Gasteiger partial charge in [0, 0.05) is 58.1 Å². The minimum Gasteiger partial charge on any atom is -0.393 e. The molecule has 3 aliphatic rings. The Kier molecular flexibility index (Phi) is 10.4. The number of nitrogens with zero attached hydrogens (tertiary/aromatic N) is 5. The predicted molar refractivity (Wildman–Crippen MR) is 135 cm³/mol. The van der Waals surface area contributed by atoms with Crippen LogP contribution in [-0.2, 0) is 11.0 Å². The number of aliphatic hydroxyl groups excluding tert-OH is 1. The molecular weight excluding hydrogens is 487 g/mol. The number of piperidine rings is 1. The Morgan fingerprint density at radius 3 is 2.35 bits per heavy atom. The van der Waals surface area contributed by atoms with Crippen molar-refractivity contribution in [2.75, 3.05) is 50.7 Å². The van der Waals surface area contributed by atoms with Crippen molar-refractivity contribution in [2.45, 2.75) is 70.7 Å². The molecule has 37 heavy (non-hydrogen) atoms. The van der Waals surface area contributed by atoms with Crippen LogP contribution in [0, 0.1) is 5.92 Å². The molecule has 3 heterocycles. The van der Waals surface area contributed by atoms with Gasteiger partial charge in [0.2, 0.25) is 6.41 Å². The SMILES string of the molecule is CC1CCCN(C(=O)N2CCN(c3ncccc3C(F)(F)F)CC2)C1.CCN(C=O)C1CCC(O)CC1. The Morgan fingerprint density at radius 2 is 1.78 bits per heavy atom. The van der Waals surface area contributed by atoms with Crippen molar-refractivity contribution in [1.82, 2.24) is 19.7 Å². The van der Waals surface area contributed by atoms with E-state index in [2.05, 4.69) is 11.9 Å². The number of carbonyl (C=O) groups excluding carboxylic acids is 2. The normalized spacial score (nSPS) is 24.7. The second kappa shape index (κ2) is 13.3. The van der Waals surface area contributed by atoms with Crippen molar-refractivity contribution in [1.29, 1.82) is 0 Å². The molecule has 4 rings (SSSR count). The number of aliphatic hydroxyl groups is 1. The lowest BCUT2D eigenvalue weighted by Crippen LogP contribution is -2.54. The van der Waals surface area contributed by atoms with E-state index in [9.17, 15) is 27.9 Å². The number of pyridine rings is 1. The molecular formula is C26H40F3N5O3. The Labute approximate surface area is 217 Å². The Bertz CT molecular complexity index is 871. The molecule has 0 aromatic carbocycles. The maximum Gasteiger partial charge on any atom is 0.419 e. The zero-order valence-electron chi connectivity index (χ0n) is 21.9. The molecule has 1 saturated carbocycles. The van der Waals surface area contributed by atoms with E-state index >= 15 is 0 Å². The summed E-state index contributed by atoms with van der Waals surface area (Å²) in [7, 11) is 0. The number of anilines is 1. The molecule has 1 aromatic heterocycles. The molecule has 8 nitrogen and oxygen atoms in total. The first-order valence-electron chi connectivity index (χ1n) is 13.3. The molecule has 3 fully saturated rings. The highest BCUT2D eigenvalue weighted by atomic mass is 19.4. The number of rotatable bonds is 4. The number of carbonyl (C=O) groups is 2.